The summed E-state index contributed by atoms with van der Waals surface area (Å²) >= 11 is 0. The molecule has 35 heavy (non-hydrogen) atoms. The highest BCUT2D eigenvalue weighted by molar-refractivity contribution is 5.93. The smallest absolute Gasteiger partial charge is 0.406 e. The second-order valence-electron chi connectivity index (χ2n) is 8.68. The van der Waals surface area contributed by atoms with Crippen molar-refractivity contribution in [3.05, 3.63) is 76.2 Å². The number of aromatic nitrogens is 3. The molecule has 0 aliphatic carbocycles. The molecule has 0 unspecified atom stereocenters. The molecule has 0 bridgehead atoms. The van der Waals surface area contributed by atoms with Gasteiger partial charge in [-0.3, -0.25) is 9.59 Å². The first-order chi connectivity index (χ1) is 16.7. The molecule has 11 heteroatoms. The Morgan fingerprint density at radius 1 is 1.09 bits per heavy atom. The number of nitrogens with zero attached hydrogens (tertiary/aromatic N) is 4. The first-order valence-electron chi connectivity index (χ1n) is 11.2. The lowest BCUT2D eigenvalue weighted by atomic mass is 10.1. The molecular weight excluding hydrogens is 465 g/mol. The molecule has 1 aromatic carbocycles. The monoisotopic (exact) mass is 488 g/mol. The summed E-state index contributed by atoms with van der Waals surface area (Å²) in [4.78, 5) is 31.9. The predicted octanol–water partition coefficient (Wildman–Crippen LogP) is 3.62. The van der Waals surface area contributed by atoms with Gasteiger partial charge < -0.3 is 23.5 Å². The fraction of sp³-hybridized carbons (Fsp3) is 0.375. The Kier molecular flexibility index (Phi) is 5.87. The fourth-order valence-corrected chi connectivity index (χ4v) is 4.60. The molecule has 0 spiro atoms. The van der Waals surface area contributed by atoms with Crippen LogP contribution in [0.5, 0.6) is 5.75 Å². The van der Waals surface area contributed by atoms with Crippen LogP contribution in [0.1, 0.15) is 40.7 Å². The number of rotatable bonds is 5. The van der Waals surface area contributed by atoms with Gasteiger partial charge in [0.1, 0.15) is 17.1 Å². The lowest BCUT2D eigenvalue weighted by molar-refractivity contribution is -0.274. The van der Waals surface area contributed by atoms with Crippen molar-refractivity contribution in [2.45, 2.75) is 44.9 Å². The van der Waals surface area contributed by atoms with Crippen LogP contribution in [0.3, 0.4) is 0 Å². The van der Waals surface area contributed by atoms with Crippen molar-refractivity contribution >= 4 is 5.91 Å². The third kappa shape index (κ3) is 4.81. The summed E-state index contributed by atoms with van der Waals surface area (Å²) in [5, 5.41) is 0. The number of carbonyl (C=O) groups excluding carboxylic acids is 1. The minimum absolute atomic E-state index is 0.207. The molecule has 0 radical (unpaired) electrons. The Labute approximate surface area is 198 Å². The van der Waals surface area contributed by atoms with Gasteiger partial charge in [-0.1, -0.05) is 12.1 Å². The molecule has 2 aromatic heterocycles. The SMILES string of the molecule is Cc1cn(-c2ccc3n(c2=O)CCN(C[C@@H]2CC[C@H](c4ccc(OC(F)(F)F)cc4)O2)C3=O)cn1. The third-order valence-corrected chi connectivity index (χ3v) is 6.26. The number of carbonyl (C=O) groups is 1. The minimum Gasteiger partial charge on any atom is -0.406 e. The van der Waals surface area contributed by atoms with Gasteiger partial charge in [-0.15, -0.1) is 13.2 Å². The van der Waals surface area contributed by atoms with Gasteiger partial charge in [-0.05, 0) is 49.6 Å². The van der Waals surface area contributed by atoms with E-state index in [2.05, 4.69) is 9.72 Å². The summed E-state index contributed by atoms with van der Waals surface area (Å²) in [5.74, 6) is -0.516. The maximum absolute atomic E-state index is 13.1. The van der Waals surface area contributed by atoms with E-state index in [1.807, 2.05) is 6.92 Å². The van der Waals surface area contributed by atoms with Crippen molar-refractivity contribution in [1.82, 2.24) is 19.0 Å². The van der Waals surface area contributed by atoms with Crippen LogP contribution in [-0.4, -0.2) is 50.5 Å². The van der Waals surface area contributed by atoms with Gasteiger partial charge in [0, 0.05) is 25.8 Å². The maximum atomic E-state index is 13.1. The van der Waals surface area contributed by atoms with Gasteiger partial charge in [-0.25, -0.2) is 4.98 Å². The van der Waals surface area contributed by atoms with Gasteiger partial charge in [0.2, 0.25) is 0 Å². The molecule has 0 N–H and O–H groups in total. The minimum atomic E-state index is -4.73. The highest BCUT2D eigenvalue weighted by Crippen LogP contribution is 2.34. The van der Waals surface area contributed by atoms with Crippen LogP contribution in [0.25, 0.3) is 5.69 Å². The summed E-state index contributed by atoms with van der Waals surface area (Å²) in [5.41, 5.74) is 2.06. The van der Waals surface area contributed by atoms with Crippen molar-refractivity contribution in [3.63, 3.8) is 0 Å². The van der Waals surface area contributed by atoms with Crippen LogP contribution in [0.4, 0.5) is 13.2 Å². The van der Waals surface area contributed by atoms with Crippen LogP contribution >= 0.6 is 0 Å². The molecule has 3 aromatic rings. The Morgan fingerprint density at radius 3 is 2.54 bits per heavy atom. The van der Waals surface area contributed by atoms with Gasteiger partial charge >= 0.3 is 6.36 Å². The normalized spacial score (nSPS) is 20.2. The van der Waals surface area contributed by atoms with Crippen LogP contribution in [0.15, 0.2) is 53.7 Å². The van der Waals surface area contributed by atoms with Crippen molar-refractivity contribution in [2.24, 2.45) is 0 Å². The molecule has 184 valence electrons. The molecule has 4 heterocycles. The summed E-state index contributed by atoms with van der Waals surface area (Å²) in [6.45, 7) is 2.96. The highest BCUT2D eigenvalue weighted by Gasteiger charge is 2.33. The zero-order valence-corrected chi connectivity index (χ0v) is 18.9. The molecule has 2 aliphatic rings. The Hall–Kier alpha value is -3.60. The second-order valence-corrected chi connectivity index (χ2v) is 8.68. The average Bonchev–Trinajstić information content (AvgIpc) is 3.45. The van der Waals surface area contributed by atoms with Crippen LogP contribution in [-0.2, 0) is 11.3 Å². The van der Waals surface area contributed by atoms with E-state index in [1.165, 1.54) is 16.7 Å². The average molecular weight is 488 g/mol. The lowest BCUT2D eigenvalue weighted by Gasteiger charge is -2.31. The molecule has 1 amide bonds. The number of pyridine rings is 1. The number of benzene rings is 1. The maximum Gasteiger partial charge on any atom is 0.573 e. The second kappa shape index (κ2) is 8.88. The summed E-state index contributed by atoms with van der Waals surface area (Å²) in [6, 6.07) is 8.93. The lowest BCUT2D eigenvalue weighted by Crippen LogP contribution is -2.47. The van der Waals surface area contributed by atoms with E-state index in [0.29, 0.717) is 43.9 Å². The van der Waals surface area contributed by atoms with Gasteiger partial charge in [0.05, 0.1) is 24.2 Å². The van der Waals surface area contributed by atoms with Crippen LogP contribution < -0.4 is 10.3 Å². The van der Waals surface area contributed by atoms with E-state index in [9.17, 15) is 22.8 Å². The number of fused-ring (bicyclic) bond motifs is 1. The number of alkyl halides is 3. The number of aryl methyl sites for hydroxylation is 1. The van der Waals surface area contributed by atoms with E-state index in [1.54, 1.807) is 46.3 Å². The predicted molar refractivity (Wildman–Crippen MR) is 118 cm³/mol. The standard InChI is InChI=1S/C24H23F3N4O4/c1-15-12-30(14-28-15)19-7-8-20-22(32)29(10-11-31(20)23(19)33)13-18-6-9-21(34-18)16-2-4-17(5-3-16)35-24(25,26)27/h2-5,7-8,12,14,18,21H,6,9-11,13H2,1H3/t18-,21+/m0/s1. The largest absolute Gasteiger partial charge is 0.573 e. The Morgan fingerprint density at radius 2 is 1.86 bits per heavy atom. The van der Waals surface area contributed by atoms with E-state index in [4.69, 9.17) is 4.74 Å². The van der Waals surface area contributed by atoms with Gasteiger partial charge in [0.15, 0.2) is 0 Å². The van der Waals surface area contributed by atoms with Crippen molar-refractivity contribution in [1.29, 1.82) is 0 Å². The number of halogens is 3. The van der Waals surface area contributed by atoms with Crippen molar-refractivity contribution < 1.29 is 27.4 Å². The zero-order chi connectivity index (χ0) is 24.7. The Balaban J connectivity index is 1.23. The molecule has 5 rings (SSSR count). The fourth-order valence-electron chi connectivity index (χ4n) is 4.60. The molecule has 8 nitrogen and oxygen atoms in total. The first-order valence-corrected chi connectivity index (χ1v) is 11.2. The van der Waals surface area contributed by atoms with Crippen LogP contribution in [0, 0.1) is 6.92 Å². The van der Waals surface area contributed by atoms with Crippen molar-refractivity contribution in [2.75, 3.05) is 13.1 Å². The zero-order valence-electron chi connectivity index (χ0n) is 18.9. The summed E-state index contributed by atoms with van der Waals surface area (Å²) in [6.07, 6.45) is -0.484. The van der Waals surface area contributed by atoms with E-state index in [-0.39, 0.29) is 29.4 Å². The summed E-state index contributed by atoms with van der Waals surface area (Å²) < 4.78 is 50.2. The number of hydrogen-bond donors (Lipinski definition) is 0. The number of imidazole rings is 1. The van der Waals surface area contributed by atoms with Crippen molar-refractivity contribution in [3.8, 4) is 11.4 Å². The molecular formula is C24H23F3N4O4. The van der Waals surface area contributed by atoms with E-state index >= 15 is 0 Å². The van der Waals surface area contributed by atoms with Crippen LogP contribution in [0.2, 0.25) is 0 Å². The highest BCUT2D eigenvalue weighted by atomic mass is 19.4. The third-order valence-electron chi connectivity index (χ3n) is 6.26. The number of hydrogen-bond acceptors (Lipinski definition) is 5. The molecule has 0 saturated carbocycles. The molecule has 1 saturated heterocycles. The molecule has 2 atom stereocenters. The van der Waals surface area contributed by atoms with Gasteiger partial charge in [0.25, 0.3) is 11.5 Å². The van der Waals surface area contributed by atoms with E-state index < -0.39 is 6.36 Å². The number of ether oxygens (including phenoxy) is 2. The first kappa shape index (κ1) is 23.2. The molecule has 1 fully saturated rings. The Bertz CT molecular complexity index is 1300. The quantitative estimate of drug-likeness (QED) is 0.548. The number of amides is 1. The topological polar surface area (TPSA) is 78.6 Å². The summed E-state index contributed by atoms with van der Waals surface area (Å²) in [7, 11) is 0. The van der Waals surface area contributed by atoms with E-state index in [0.717, 1.165) is 11.3 Å². The molecule has 2 aliphatic heterocycles. The van der Waals surface area contributed by atoms with Gasteiger partial charge in [-0.2, -0.15) is 0 Å².